The standard InChI is InChI=1S/C11H21N3O2/c1-7-3-5-9(6-4-7)11(15)13-8(2)10(12)14-16/h7-9,16H,3-6H2,1-2H3,(H2,12,14)(H,13,15). The van der Waals surface area contributed by atoms with Crippen molar-refractivity contribution in [3.63, 3.8) is 0 Å². The second kappa shape index (κ2) is 5.72. The van der Waals surface area contributed by atoms with Gasteiger partial charge in [-0.25, -0.2) is 0 Å². The predicted molar refractivity (Wildman–Crippen MR) is 62.1 cm³/mol. The van der Waals surface area contributed by atoms with E-state index >= 15 is 0 Å². The maximum atomic E-state index is 11.8. The first-order chi connectivity index (χ1) is 7.54. The summed E-state index contributed by atoms with van der Waals surface area (Å²) in [5, 5.41) is 14.1. The Morgan fingerprint density at radius 1 is 1.44 bits per heavy atom. The third kappa shape index (κ3) is 3.40. The number of amidine groups is 1. The van der Waals surface area contributed by atoms with Crippen molar-refractivity contribution in [1.82, 2.24) is 5.32 Å². The number of nitrogens with two attached hydrogens (primary N) is 1. The largest absolute Gasteiger partial charge is 0.409 e. The lowest BCUT2D eigenvalue weighted by molar-refractivity contribution is -0.126. The van der Waals surface area contributed by atoms with Gasteiger partial charge in [-0.05, 0) is 38.5 Å². The van der Waals surface area contributed by atoms with Gasteiger partial charge >= 0.3 is 0 Å². The summed E-state index contributed by atoms with van der Waals surface area (Å²) < 4.78 is 0. The molecule has 0 saturated heterocycles. The van der Waals surface area contributed by atoms with Crippen LogP contribution in [-0.2, 0) is 4.79 Å². The highest BCUT2D eigenvalue weighted by Gasteiger charge is 2.25. The molecule has 0 aromatic heterocycles. The van der Waals surface area contributed by atoms with Crippen LogP contribution in [0.1, 0.15) is 39.5 Å². The van der Waals surface area contributed by atoms with Gasteiger partial charge in [0.1, 0.15) is 0 Å². The predicted octanol–water partition coefficient (Wildman–Crippen LogP) is 1.06. The lowest BCUT2D eigenvalue weighted by atomic mass is 9.82. The van der Waals surface area contributed by atoms with Gasteiger partial charge in [-0.3, -0.25) is 4.79 Å². The normalized spacial score (nSPS) is 28.5. The summed E-state index contributed by atoms with van der Waals surface area (Å²) in [7, 11) is 0. The minimum absolute atomic E-state index is 0.0194. The number of hydrogen-bond acceptors (Lipinski definition) is 3. The van der Waals surface area contributed by atoms with E-state index < -0.39 is 6.04 Å². The van der Waals surface area contributed by atoms with E-state index in [0.717, 1.165) is 31.6 Å². The Balaban J connectivity index is 2.41. The third-order valence-corrected chi connectivity index (χ3v) is 3.30. The number of oxime groups is 1. The highest BCUT2D eigenvalue weighted by molar-refractivity contribution is 5.90. The molecule has 92 valence electrons. The fourth-order valence-electron chi connectivity index (χ4n) is 2.01. The lowest BCUT2D eigenvalue weighted by Gasteiger charge is -2.26. The fourth-order valence-corrected chi connectivity index (χ4v) is 2.01. The molecule has 0 aromatic rings. The molecule has 1 aliphatic carbocycles. The summed E-state index contributed by atoms with van der Waals surface area (Å²) in [5.41, 5.74) is 5.40. The third-order valence-electron chi connectivity index (χ3n) is 3.30. The van der Waals surface area contributed by atoms with E-state index in [9.17, 15) is 4.79 Å². The summed E-state index contributed by atoms with van der Waals surface area (Å²) in [5.74, 6) is 0.874. The average Bonchev–Trinajstić information content (AvgIpc) is 2.28. The second-order valence-electron chi connectivity index (χ2n) is 4.71. The summed E-state index contributed by atoms with van der Waals surface area (Å²) in [4.78, 5) is 11.8. The molecule has 1 atom stereocenters. The monoisotopic (exact) mass is 227 g/mol. The first kappa shape index (κ1) is 12.8. The molecular weight excluding hydrogens is 206 g/mol. The molecule has 4 N–H and O–H groups in total. The van der Waals surface area contributed by atoms with Crippen molar-refractivity contribution >= 4 is 11.7 Å². The maximum Gasteiger partial charge on any atom is 0.223 e. The Labute approximate surface area is 96.1 Å². The number of carbonyl (C=O) groups is 1. The van der Waals surface area contributed by atoms with E-state index in [1.165, 1.54) is 0 Å². The first-order valence-electron chi connectivity index (χ1n) is 5.82. The van der Waals surface area contributed by atoms with Crippen molar-refractivity contribution in [3.05, 3.63) is 0 Å². The van der Waals surface area contributed by atoms with E-state index in [1.54, 1.807) is 6.92 Å². The van der Waals surface area contributed by atoms with Crippen LogP contribution in [-0.4, -0.2) is 23.0 Å². The van der Waals surface area contributed by atoms with Gasteiger partial charge in [0.25, 0.3) is 0 Å². The number of hydrogen-bond donors (Lipinski definition) is 3. The van der Waals surface area contributed by atoms with Crippen molar-refractivity contribution in [2.75, 3.05) is 0 Å². The molecule has 1 saturated carbocycles. The van der Waals surface area contributed by atoms with Crippen molar-refractivity contribution in [2.24, 2.45) is 22.7 Å². The van der Waals surface area contributed by atoms with Gasteiger partial charge in [0, 0.05) is 5.92 Å². The van der Waals surface area contributed by atoms with Crippen molar-refractivity contribution in [1.29, 1.82) is 0 Å². The zero-order valence-electron chi connectivity index (χ0n) is 9.94. The van der Waals surface area contributed by atoms with Crippen LogP contribution in [0.4, 0.5) is 0 Å². The topological polar surface area (TPSA) is 87.7 Å². The molecule has 0 aromatic carbocycles. The Morgan fingerprint density at radius 3 is 2.50 bits per heavy atom. The number of rotatable bonds is 3. The lowest BCUT2D eigenvalue weighted by Crippen LogP contribution is -2.45. The van der Waals surface area contributed by atoms with Crippen LogP contribution in [0.5, 0.6) is 0 Å². The summed E-state index contributed by atoms with van der Waals surface area (Å²) >= 11 is 0. The van der Waals surface area contributed by atoms with Crippen LogP contribution in [0, 0.1) is 11.8 Å². The van der Waals surface area contributed by atoms with Crippen LogP contribution in [0.15, 0.2) is 5.16 Å². The molecular formula is C11H21N3O2. The summed E-state index contributed by atoms with van der Waals surface area (Å²) in [6.07, 6.45) is 4.10. The number of nitrogens with one attached hydrogen (secondary N) is 1. The highest BCUT2D eigenvalue weighted by Crippen LogP contribution is 2.28. The van der Waals surface area contributed by atoms with E-state index in [1.807, 2.05) is 0 Å². The smallest absolute Gasteiger partial charge is 0.223 e. The van der Waals surface area contributed by atoms with Crippen molar-refractivity contribution < 1.29 is 10.0 Å². The molecule has 5 nitrogen and oxygen atoms in total. The van der Waals surface area contributed by atoms with E-state index in [2.05, 4.69) is 17.4 Å². The Bertz CT molecular complexity index is 270. The molecule has 1 unspecified atom stereocenters. The quantitative estimate of drug-likeness (QED) is 0.291. The van der Waals surface area contributed by atoms with Crippen molar-refractivity contribution in [3.8, 4) is 0 Å². The minimum atomic E-state index is -0.406. The van der Waals surface area contributed by atoms with E-state index in [-0.39, 0.29) is 17.7 Å². The molecule has 1 fully saturated rings. The van der Waals surface area contributed by atoms with E-state index in [0.29, 0.717) is 0 Å². The Morgan fingerprint density at radius 2 is 2.00 bits per heavy atom. The Kier molecular flexibility index (Phi) is 4.58. The molecule has 16 heavy (non-hydrogen) atoms. The first-order valence-corrected chi connectivity index (χ1v) is 5.82. The Hall–Kier alpha value is -1.26. The molecule has 1 amide bonds. The van der Waals surface area contributed by atoms with Gasteiger partial charge in [0.05, 0.1) is 6.04 Å². The number of amides is 1. The number of nitrogens with zero attached hydrogens (tertiary/aromatic N) is 1. The van der Waals surface area contributed by atoms with Crippen LogP contribution in [0.2, 0.25) is 0 Å². The van der Waals surface area contributed by atoms with Crippen molar-refractivity contribution in [2.45, 2.75) is 45.6 Å². The molecule has 1 rings (SSSR count). The molecule has 0 bridgehead atoms. The van der Waals surface area contributed by atoms with Gasteiger partial charge in [0.15, 0.2) is 5.84 Å². The summed E-state index contributed by atoms with van der Waals surface area (Å²) in [6.45, 7) is 3.92. The summed E-state index contributed by atoms with van der Waals surface area (Å²) in [6, 6.07) is -0.406. The van der Waals surface area contributed by atoms with Crippen LogP contribution in [0.25, 0.3) is 0 Å². The van der Waals surface area contributed by atoms with Gasteiger partial charge in [0.2, 0.25) is 5.91 Å². The molecule has 0 heterocycles. The fraction of sp³-hybridized carbons (Fsp3) is 0.818. The average molecular weight is 227 g/mol. The number of carbonyl (C=O) groups excluding carboxylic acids is 1. The van der Waals surface area contributed by atoms with Crippen LogP contribution in [0.3, 0.4) is 0 Å². The molecule has 0 spiro atoms. The molecule has 1 aliphatic rings. The minimum Gasteiger partial charge on any atom is -0.409 e. The zero-order valence-corrected chi connectivity index (χ0v) is 9.94. The maximum absolute atomic E-state index is 11.8. The van der Waals surface area contributed by atoms with E-state index in [4.69, 9.17) is 10.9 Å². The zero-order chi connectivity index (χ0) is 12.1. The molecule has 5 heteroatoms. The molecule has 0 aliphatic heterocycles. The van der Waals surface area contributed by atoms with Crippen LogP contribution >= 0.6 is 0 Å². The molecule has 0 radical (unpaired) electrons. The van der Waals surface area contributed by atoms with Gasteiger partial charge < -0.3 is 16.3 Å². The second-order valence-corrected chi connectivity index (χ2v) is 4.71. The SMILES string of the molecule is CC1CCC(C(=O)NC(C)C(N)=NO)CC1. The highest BCUT2D eigenvalue weighted by atomic mass is 16.4. The van der Waals surface area contributed by atoms with Crippen LogP contribution < -0.4 is 11.1 Å². The van der Waals surface area contributed by atoms with Gasteiger partial charge in [-0.15, -0.1) is 0 Å². The van der Waals surface area contributed by atoms with Gasteiger partial charge in [-0.1, -0.05) is 12.1 Å². The van der Waals surface area contributed by atoms with Gasteiger partial charge in [-0.2, -0.15) is 0 Å².